The van der Waals surface area contributed by atoms with Crippen molar-refractivity contribution in [2.45, 2.75) is 13.8 Å². The van der Waals surface area contributed by atoms with Crippen LogP contribution in [0, 0.1) is 13.8 Å². The largest absolute Gasteiger partial charge is 0.0622 e. The van der Waals surface area contributed by atoms with Crippen LogP contribution in [0.5, 0.6) is 0 Å². The molecule has 0 saturated carbocycles. The van der Waals surface area contributed by atoms with Gasteiger partial charge in [-0.25, -0.2) is 0 Å². The van der Waals surface area contributed by atoms with E-state index < -0.39 is 0 Å². The van der Waals surface area contributed by atoms with E-state index in [1.165, 1.54) is 131 Å². The Kier molecular flexibility index (Phi) is 8.40. The third kappa shape index (κ3) is 5.54. The monoisotopic (exact) mass is 786 g/mol. The van der Waals surface area contributed by atoms with Crippen molar-refractivity contribution in [3.8, 4) is 44.5 Å². The lowest BCUT2D eigenvalue weighted by molar-refractivity contribution is 1.39. The minimum atomic E-state index is 1.23. The van der Waals surface area contributed by atoms with Gasteiger partial charge in [-0.05, 0) is 157 Å². The lowest BCUT2D eigenvalue weighted by Gasteiger charge is -2.17. The summed E-state index contributed by atoms with van der Waals surface area (Å²) in [7, 11) is 0. The lowest BCUT2D eigenvalue weighted by atomic mass is 9.85. The van der Waals surface area contributed by atoms with E-state index in [-0.39, 0.29) is 0 Å². The molecule has 0 radical (unpaired) electrons. The van der Waals surface area contributed by atoms with Crippen LogP contribution in [0.15, 0.2) is 218 Å². The quantitative estimate of drug-likeness (QED) is 0.156. The zero-order valence-corrected chi connectivity index (χ0v) is 34.8. The van der Waals surface area contributed by atoms with Gasteiger partial charge in [0.25, 0.3) is 0 Å². The second kappa shape index (κ2) is 14.4. The molecule has 0 aliphatic carbocycles. The molecule has 0 amide bonds. The van der Waals surface area contributed by atoms with Crippen molar-refractivity contribution in [3.05, 3.63) is 230 Å². The Morgan fingerprint density at radius 1 is 0.226 bits per heavy atom. The van der Waals surface area contributed by atoms with Crippen molar-refractivity contribution in [2.75, 3.05) is 0 Å². The molecule has 0 aliphatic rings. The van der Waals surface area contributed by atoms with Crippen LogP contribution in [0.1, 0.15) is 11.1 Å². The van der Waals surface area contributed by atoms with Gasteiger partial charge in [-0.2, -0.15) is 0 Å². The van der Waals surface area contributed by atoms with Gasteiger partial charge >= 0.3 is 0 Å². The molecule has 0 bridgehead atoms. The van der Waals surface area contributed by atoms with E-state index in [0.29, 0.717) is 0 Å². The Balaban J connectivity index is 0.000000295. The van der Waals surface area contributed by atoms with Crippen LogP contribution in [-0.4, -0.2) is 0 Å². The van der Waals surface area contributed by atoms with Gasteiger partial charge < -0.3 is 0 Å². The lowest BCUT2D eigenvalue weighted by Crippen LogP contribution is -1.90. The fourth-order valence-electron chi connectivity index (χ4n) is 10.7. The van der Waals surface area contributed by atoms with Gasteiger partial charge in [0.2, 0.25) is 0 Å². The highest BCUT2D eigenvalue weighted by Crippen LogP contribution is 2.53. The van der Waals surface area contributed by atoms with E-state index in [2.05, 4.69) is 220 Å². The highest BCUT2D eigenvalue weighted by molar-refractivity contribution is 6.42. The Bertz CT molecular complexity index is 3730. The Morgan fingerprint density at radius 2 is 0.661 bits per heavy atom. The van der Waals surface area contributed by atoms with Gasteiger partial charge in [0, 0.05) is 0 Å². The third-order valence-corrected chi connectivity index (χ3v) is 13.3. The molecule has 0 aromatic heterocycles. The zero-order valence-electron chi connectivity index (χ0n) is 34.8. The molecule has 13 aromatic carbocycles. The topological polar surface area (TPSA) is 0 Å². The van der Waals surface area contributed by atoms with Crippen LogP contribution in [0.25, 0.3) is 120 Å². The maximum Gasteiger partial charge on any atom is -0.000784 e. The molecule has 0 heterocycles. The molecule has 0 nitrogen and oxygen atoms in total. The first-order chi connectivity index (χ1) is 30.6. The first-order valence-corrected chi connectivity index (χ1v) is 21.7. The van der Waals surface area contributed by atoms with E-state index >= 15 is 0 Å². The van der Waals surface area contributed by atoms with Crippen molar-refractivity contribution >= 4 is 75.4 Å². The molecular formula is C62H42. The second-order valence-corrected chi connectivity index (χ2v) is 16.8. The van der Waals surface area contributed by atoms with Crippen LogP contribution in [0.3, 0.4) is 0 Å². The fraction of sp³-hybridized carbons (Fsp3) is 0.0323. The van der Waals surface area contributed by atoms with Crippen LogP contribution in [0.4, 0.5) is 0 Å². The summed E-state index contributed by atoms with van der Waals surface area (Å²) in [6.45, 7) is 4.48. The molecular weight excluding hydrogens is 745 g/mol. The molecule has 0 spiro atoms. The smallest absolute Gasteiger partial charge is 0.000784 e. The summed E-state index contributed by atoms with van der Waals surface area (Å²) in [6.07, 6.45) is 0. The normalized spacial score (nSPS) is 11.7. The van der Waals surface area contributed by atoms with Gasteiger partial charge in [-0.1, -0.05) is 206 Å². The molecule has 13 aromatic rings. The summed E-state index contributed by atoms with van der Waals surface area (Å²) < 4.78 is 0. The van der Waals surface area contributed by atoms with Gasteiger partial charge in [0.15, 0.2) is 0 Å². The summed E-state index contributed by atoms with van der Waals surface area (Å²) in [4.78, 5) is 0. The van der Waals surface area contributed by atoms with Gasteiger partial charge in [0.1, 0.15) is 0 Å². The molecule has 0 N–H and O–H groups in total. The summed E-state index contributed by atoms with van der Waals surface area (Å²) in [5.74, 6) is 0. The van der Waals surface area contributed by atoms with Gasteiger partial charge in [0.05, 0.1) is 0 Å². The van der Waals surface area contributed by atoms with Crippen LogP contribution in [-0.2, 0) is 0 Å². The van der Waals surface area contributed by atoms with Crippen LogP contribution >= 0.6 is 0 Å². The van der Waals surface area contributed by atoms with Crippen molar-refractivity contribution in [2.24, 2.45) is 0 Å². The van der Waals surface area contributed by atoms with E-state index in [0.717, 1.165) is 0 Å². The van der Waals surface area contributed by atoms with Crippen LogP contribution < -0.4 is 0 Å². The summed E-state index contributed by atoms with van der Waals surface area (Å²) in [5, 5.41) is 18.6. The molecule has 0 fully saturated rings. The van der Waals surface area contributed by atoms with Gasteiger partial charge in [-0.3, -0.25) is 0 Å². The number of rotatable bonds is 4. The van der Waals surface area contributed by atoms with Gasteiger partial charge in [-0.15, -0.1) is 0 Å². The maximum atomic E-state index is 2.50. The minimum Gasteiger partial charge on any atom is -0.0622 e. The highest BCUT2D eigenvalue weighted by atomic mass is 14.3. The van der Waals surface area contributed by atoms with E-state index in [9.17, 15) is 0 Å². The average molecular weight is 787 g/mol. The molecule has 0 saturated heterocycles. The molecule has 62 heavy (non-hydrogen) atoms. The summed E-state index contributed by atoms with van der Waals surface area (Å²) in [6, 6.07) is 79.9. The van der Waals surface area contributed by atoms with E-state index in [4.69, 9.17) is 0 Å². The Hall–Kier alpha value is -7.80. The second-order valence-electron chi connectivity index (χ2n) is 16.8. The number of aryl methyl sites for hydroxylation is 2. The van der Waals surface area contributed by atoms with Crippen molar-refractivity contribution in [1.82, 2.24) is 0 Å². The molecule has 290 valence electrons. The van der Waals surface area contributed by atoms with Crippen molar-refractivity contribution in [3.63, 3.8) is 0 Å². The molecule has 13 rings (SSSR count). The average Bonchev–Trinajstić information content (AvgIpc) is 3.83. The van der Waals surface area contributed by atoms with E-state index in [1.54, 1.807) is 0 Å². The van der Waals surface area contributed by atoms with Crippen molar-refractivity contribution in [1.29, 1.82) is 0 Å². The Morgan fingerprint density at radius 3 is 1.31 bits per heavy atom. The predicted molar refractivity (Wildman–Crippen MR) is 269 cm³/mol. The summed E-state index contributed by atoms with van der Waals surface area (Å²) >= 11 is 0. The number of fused-ring (bicyclic) bond motifs is 8. The number of hydrogen-bond donors (Lipinski definition) is 0. The predicted octanol–water partition coefficient (Wildman–Crippen LogP) is 17.6. The fourth-order valence-corrected chi connectivity index (χ4v) is 10.7. The number of benzene rings is 11. The SMILES string of the molecule is Cc1cccc(C)c1-c1ccc2c3c(-c4ccccc4-c4ccccc4)c4c(cc3c3cccc1c32)cc1c2ccccc2c2cccc4c21.c1ccc(-c2ccccc2)cc1. The molecule has 0 heteroatoms. The minimum absolute atomic E-state index is 1.23. The number of hydrogen-bond acceptors (Lipinski definition) is 0. The first-order valence-electron chi connectivity index (χ1n) is 21.7. The van der Waals surface area contributed by atoms with E-state index in [1.807, 2.05) is 12.1 Å². The van der Waals surface area contributed by atoms with Crippen molar-refractivity contribution < 1.29 is 0 Å². The third-order valence-electron chi connectivity index (χ3n) is 13.3. The highest BCUT2D eigenvalue weighted by Gasteiger charge is 2.24. The van der Waals surface area contributed by atoms with Crippen LogP contribution in [0.2, 0.25) is 0 Å². The standard InChI is InChI=1S/C50H32.C12H10/c1-29-13-10-14-30(2)45(29)40-25-26-42-47-38(40)22-11-23-39(47)44-28-32-27-43-35-19-8-7-18-34(35)37-21-12-24-41(48(37)43)46(32)50(49(42)44)36-20-9-6-17-33(36)31-15-4-3-5-16-31;1-3-7-11(8-4-1)12-9-5-2-6-10-12/h3-28H,1-2H3;1-10H. The summed E-state index contributed by atoms with van der Waals surface area (Å²) in [5.41, 5.74) is 12.9. The first kappa shape index (κ1) is 36.1. The Labute approximate surface area is 361 Å². The maximum absolute atomic E-state index is 2.50. The molecule has 0 aliphatic heterocycles. The zero-order chi connectivity index (χ0) is 41.3. The molecule has 0 atom stereocenters. The molecule has 0 unspecified atom stereocenters.